The zero-order chi connectivity index (χ0) is 35.6. The lowest BCUT2D eigenvalue weighted by Gasteiger charge is -2.35. The monoisotopic (exact) mass is 688 g/mol. The number of nitrogens with zero attached hydrogens (tertiary/aromatic N) is 3. The number of urea groups is 1. The second-order valence-corrected chi connectivity index (χ2v) is 13.3. The number of methoxy groups -OCH3 is 1. The molecule has 3 rings (SSSR count). The number of anilines is 2. The Bertz CT molecular complexity index is 1520. The molecule has 0 spiro atoms. The van der Waals surface area contributed by atoms with E-state index in [0.29, 0.717) is 47.5 Å². The first-order valence-corrected chi connectivity index (χ1v) is 16.7. The minimum absolute atomic E-state index is 0.00847. The molecule has 262 valence electrons. The number of imide groups is 1. The van der Waals surface area contributed by atoms with Crippen LogP contribution in [0.4, 0.5) is 16.2 Å². The van der Waals surface area contributed by atoms with Crippen LogP contribution < -0.4 is 15.0 Å². The number of hydrogen-bond donors (Lipinski definition) is 3. The van der Waals surface area contributed by atoms with Gasteiger partial charge < -0.3 is 19.9 Å². The Morgan fingerprint density at radius 3 is 2.33 bits per heavy atom. The topological polar surface area (TPSA) is 183 Å². The molecule has 0 aromatic heterocycles. The van der Waals surface area contributed by atoms with E-state index >= 15 is 0 Å². The van der Waals surface area contributed by atoms with Crippen molar-refractivity contribution in [2.45, 2.75) is 78.2 Å². The molecule has 3 N–H and O–H groups in total. The number of benzene rings is 2. The molecule has 15 heteroatoms. The van der Waals surface area contributed by atoms with Crippen LogP contribution in [0.15, 0.2) is 36.4 Å². The van der Waals surface area contributed by atoms with E-state index in [-0.39, 0.29) is 44.5 Å². The number of rotatable bonds is 16. The van der Waals surface area contributed by atoms with E-state index in [4.69, 9.17) is 14.6 Å². The number of nitrogens with one attached hydrogen (secondary N) is 1. The number of esters is 1. The summed E-state index contributed by atoms with van der Waals surface area (Å²) in [6.45, 7) is 7.54. The molecule has 0 aliphatic carbocycles. The molecule has 1 fully saturated rings. The van der Waals surface area contributed by atoms with Gasteiger partial charge in [0.05, 0.1) is 12.7 Å². The van der Waals surface area contributed by atoms with Crippen molar-refractivity contribution in [3.63, 3.8) is 0 Å². The van der Waals surface area contributed by atoms with Crippen LogP contribution in [0.3, 0.4) is 0 Å². The largest absolute Gasteiger partial charge is 0.496 e. The maximum atomic E-state index is 13.8. The van der Waals surface area contributed by atoms with E-state index < -0.39 is 53.2 Å². The molecule has 4 amide bonds. The zero-order valence-electron chi connectivity index (χ0n) is 27.9. The van der Waals surface area contributed by atoms with Gasteiger partial charge in [-0.2, -0.15) is 4.31 Å². The lowest BCUT2D eigenvalue weighted by atomic mass is 9.84. The number of aliphatic carboxylic acids is 1. The van der Waals surface area contributed by atoms with E-state index in [1.165, 1.54) is 22.4 Å². The minimum Gasteiger partial charge on any atom is -0.496 e. The summed E-state index contributed by atoms with van der Waals surface area (Å²) in [5, 5.41) is 11.7. The maximum absolute atomic E-state index is 13.8. The summed E-state index contributed by atoms with van der Waals surface area (Å²) in [4.78, 5) is 64.8. The molecule has 1 unspecified atom stereocenters. The first-order valence-electron chi connectivity index (χ1n) is 15.6. The second kappa shape index (κ2) is 17.2. The quantitative estimate of drug-likeness (QED) is 0.125. The number of carbonyl (C=O) groups is 5. The van der Waals surface area contributed by atoms with E-state index in [1.54, 1.807) is 30.3 Å². The number of carbonyl (C=O) groups excluding carboxylic acids is 4. The average molecular weight is 689 g/mol. The van der Waals surface area contributed by atoms with Gasteiger partial charge in [0.2, 0.25) is 17.2 Å². The van der Waals surface area contributed by atoms with E-state index in [2.05, 4.69) is 5.32 Å². The van der Waals surface area contributed by atoms with Crippen molar-refractivity contribution in [3.8, 4) is 5.75 Å². The van der Waals surface area contributed by atoms with Gasteiger partial charge in [0.15, 0.2) is 6.73 Å². The predicted molar refractivity (Wildman–Crippen MR) is 179 cm³/mol. The molecule has 1 saturated heterocycles. The summed E-state index contributed by atoms with van der Waals surface area (Å²) in [5.74, 6) is -2.12. The van der Waals surface area contributed by atoms with Crippen LogP contribution in [0.5, 0.6) is 5.75 Å². The van der Waals surface area contributed by atoms with Crippen molar-refractivity contribution in [1.29, 1.82) is 0 Å². The summed E-state index contributed by atoms with van der Waals surface area (Å²) in [5.41, 5.74) is 1.78. The standard InChI is InChI=1S/C33H44N4O10S/c1-6-9-29(41)47-21-37-27(38)15-17-36(32(37)43)24-18-25(30(46-5)26(19-24)33(2,3)4)31(42)34-23-13-11-22(12-14-23)20-35(48(44)45)16-8-7-10-28(39)40/h11-14,18-19H,6-10,15-17,20-21H2,1-5H3,(H,34,42)(H,39,40)(H,44,45). The smallest absolute Gasteiger partial charge is 0.333 e. The number of amides is 4. The summed E-state index contributed by atoms with van der Waals surface area (Å²) in [6, 6.07) is 9.29. The normalized spacial score (nSPS) is 14.2. The van der Waals surface area contributed by atoms with Gasteiger partial charge in [-0.1, -0.05) is 39.8 Å². The third-order valence-electron chi connectivity index (χ3n) is 7.60. The molecule has 0 radical (unpaired) electrons. The van der Waals surface area contributed by atoms with Crippen LogP contribution in [-0.2, 0) is 42.3 Å². The number of carboxylic acids is 1. The highest BCUT2D eigenvalue weighted by Crippen LogP contribution is 2.39. The van der Waals surface area contributed by atoms with Gasteiger partial charge in [0.25, 0.3) is 5.91 Å². The summed E-state index contributed by atoms with van der Waals surface area (Å²) in [7, 11) is 1.45. The van der Waals surface area contributed by atoms with Gasteiger partial charge in [-0.15, -0.1) is 0 Å². The molecule has 48 heavy (non-hydrogen) atoms. The van der Waals surface area contributed by atoms with E-state index in [1.807, 2.05) is 27.7 Å². The van der Waals surface area contributed by atoms with Crippen LogP contribution in [0.2, 0.25) is 0 Å². The highest BCUT2D eigenvalue weighted by atomic mass is 32.2. The van der Waals surface area contributed by atoms with Gasteiger partial charge in [0, 0.05) is 55.8 Å². The van der Waals surface area contributed by atoms with Crippen molar-refractivity contribution in [2.75, 3.05) is 37.1 Å². The molecule has 1 aliphatic rings. The molecule has 0 saturated carbocycles. The number of ether oxygens (including phenoxy) is 2. The maximum Gasteiger partial charge on any atom is 0.333 e. The Hall–Kier alpha value is -4.34. The Balaban J connectivity index is 1.85. The number of hydrogen-bond acceptors (Lipinski definition) is 8. The van der Waals surface area contributed by atoms with Crippen molar-refractivity contribution in [2.24, 2.45) is 0 Å². The van der Waals surface area contributed by atoms with Crippen LogP contribution in [0.1, 0.15) is 87.7 Å². The molecular formula is C33H44N4O10S. The number of unbranched alkanes of at least 4 members (excludes halogenated alkanes) is 1. The van der Waals surface area contributed by atoms with E-state index in [9.17, 15) is 32.7 Å². The van der Waals surface area contributed by atoms with Crippen molar-refractivity contribution >= 4 is 52.4 Å². The third kappa shape index (κ3) is 10.3. The van der Waals surface area contributed by atoms with Gasteiger partial charge >= 0.3 is 18.0 Å². The fourth-order valence-electron chi connectivity index (χ4n) is 5.06. The van der Waals surface area contributed by atoms with Crippen LogP contribution in [-0.4, -0.2) is 79.8 Å². The molecule has 1 aliphatic heterocycles. The molecular weight excluding hydrogens is 644 g/mol. The SMILES string of the molecule is CCCC(=O)OCN1C(=O)CCN(c2cc(C(=O)Nc3ccc(CN(CCCCC(=O)O)S(=O)O)cc3)c(OC)c(C(C)(C)C)c2)C1=O. The van der Waals surface area contributed by atoms with Crippen LogP contribution in [0.25, 0.3) is 0 Å². The fourth-order valence-corrected chi connectivity index (χ4v) is 5.60. The Kier molecular flexibility index (Phi) is 13.6. The molecule has 0 bridgehead atoms. The fraction of sp³-hybridized carbons (Fsp3) is 0.485. The molecule has 1 heterocycles. The van der Waals surface area contributed by atoms with Gasteiger partial charge in [-0.25, -0.2) is 13.9 Å². The van der Waals surface area contributed by atoms with Crippen molar-refractivity contribution in [1.82, 2.24) is 9.21 Å². The van der Waals surface area contributed by atoms with Gasteiger partial charge in [0.1, 0.15) is 5.75 Å². The highest BCUT2D eigenvalue weighted by molar-refractivity contribution is 7.76. The minimum atomic E-state index is -2.26. The Morgan fingerprint density at radius 2 is 1.75 bits per heavy atom. The molecule has 14 nitrogen and oxygen atoms in total. The zero-order valence-corrected chi connectivity index (χ0v) is 28.8. The van der Waals surface area contributed by atoms with Gasteiger partial charge in [-0.05, 0) is 54.5 Å². The predicted octanol–water partition coefficient (Wildman–Crippen LogP) is 4.90. The van der Waals surface area contributed by atoms with Crippen LogP contribution >= 0.6 is 0 Å². The number of carboxylic acid groups (broad SMARTS) is 1. The molecule has 2 aromatic carbocycles. The van der Waals surface area contributed by atoms with Crippen molar-refractivity contribution < 1.29 is 47.3 Å². The second-order valence-electron chi connectivity index (χ2n) is 12.3. The molecule has 1 atom stereocenters. The lowest BCUT2D eigenvalue weighted by Crippen LogP contribution is -2.53. The molecule has 2 aromatic rings. The Morgan fingerprint density at radius 1 is 1.06 bits per heavy atom. The first kappa shape index (κ1) is 38.1. The average Bonchev–Trinajstić information content (AvgIpc) is 3.02. The summed E-state index contributed by atoms with van der Waals surface area (Å²) >= 11 is -2.26. The van der Waals surface area contributed by atoms with Gasteiger partial charge in [-0.3, -0.25) is 28.6 Å². The van der Waals surface area contributed by atoms with E-state index in [0.717, 1.165) is 4.90 Å². The lowest BCUT2D eigenvalue weighted by molar-refractivity contribution is -0.150. The highest BCUT2D eigenvalue weighted by Gasteiger charge is 2.35. The van der Waals surface area contributed by atoms with Crippen LogP contribution in [0, 0.1) is 0 Å². The Labute approximate surface area is 282 Å². The van der Waals surface area contributed by atoms with Crippen molar-refractivity contribution in [3.05, 3.63) is 53.1 Å². The summed E-state index contributed by atoms with van der Waals surface area (Å²) in [6.07, 6.45) is 1.51. The third-order valence-corrected chi connectivity index (χ3v) is 8.36. The summed E-state index contributed by atoms with van der Waals surface area (Å²) < 4.78 is 33.7. The first-order chi connectivity index (χ1) is 22.7.